The summed E-state index contributed by atoms with van der Waals surface area (Å²) in [4.78, 5) is 38.7. The van der Waals surface area contributed by atoms with E-state index in [2.05, 4.69) is 10.6 Å². The highest BCUT2D eigenvalue weighted by Gasteiger charge is 2.25. The lowest BCUT2D eigenvalue weighted by molar-refractivity contribution is -0.121. The molecule has 0 aliphatic carbocycles. The second-order valence-electron chi connectivity index (χ2n) is 7.33. The van der Waals surface area contributed by atoms with Crippen LogP contribution in [0, 0.1) is 0 Å². The van der Waals surface area contributed by atoms with Crippen molar-refractivity contribution in [1.29, 1.82) is 0 Å². The van der Waals surface area contributed by atoms with Crippen molar-refractivity contribution in [1.82, 2.24) is 0 Å². The van der Waals surface area contributed by atoms with Gasteiger partial charge in [0, 0.05) is 24.2 Å². The van der Waals surface area contributed by atoms with E-state index in [1.165, 1.54) is 7.11 Å². The Morgan fingerprint density at radius 2 is 1.70 bits per heavy atom. The first-order valence-electron chi connectivity index (χ1n) is 10.4. The van der Waals surface area contributed by atoms with Crippen LogP contribution in [-0.2, 0) is 9.59 Å². The number of hydrogen-bond donors (Lipinski definition) is 2. The van der Waals surface area contributed by atoms with Gasteiger partial charge in [-0.15, -0.1) is 0 Å². The maximum absolute atomic E-state index is 12.5. The molecule has 4 rings (SSSR count). The molecule has 3 aromatic rings. The topological polar surface area (TPSA) is 97.0 Å². The Labute approximate surface area is 191 Å². The third kappa shape index (κ3) is 5.12. The van der Waals surface area contributed by atoms with Gasteiger partial charge in [0.2, 0.25) is 5.91 Å². The number of benzene rings is 3. The molecule has 0 atom stereocenters. The van der Waals surface area contributed by atoms with Crippen LogP contribution in [0.2, 0.25) is 0 Å². The van der Waals surface area contributed by atoms with Crippen molar-refractivity contribution in [3.8, 4) is 11.5 Å². The number of para-hydroxylation sites is 4. The van der Waals surface area contributed by atoms with Gasteiger partial charge in [0.15, 0.2) is 6.61 Å². The fourth-order valence-electron chi connectivity index (χ4n) is 3.48. The van der Waals surface area contributed by atoms with E-state index in [4.69, 9.17) is 9.47 Å². The third-order valence-corrected chi connectivity index (χ3v) is 5.16. The summed E-state index contributed by atoms with van der Waals surface area (Å²) in [5.41, 5.74) is 2.23. The van der Waals surface area contributed by atoms with Crippen molar-refractivity contribution in [2.75, 3.05) is 35.8 Å². The Morgan fingerprint density at radius 3 is 2.48 bits per heavy atom. The minimum atomic E-state index is -0.290. The van der Waals surface area contributed by atoms with Gasteiger partial charge in [0.05, 0.1) is 18.5 Å². The fraction of sp³-hybridized carbons (Fsp3) is 0.160. The summed E-state index contributed by atoms with van der Waals surface area (Å²) in [7, 11) is 1.54. The van der Waals surface area contributed by atoms with E-state index in [1.807, 2.05) is 18.2 Å². The number of carbonyl (C=O) groups is 3. The van der Waals surface area contributed by atoms with E-state index in [0.717, 1.165) is 0 Å². The van der Waals surface area contributed by atoms with Crippen molar-refractivity contribution < 1.29 is 23.9 Å². The van der Waals surface area contributed by atoms with Gasteiger partial charge in [-0.05, 0) is 48.5 Å². The van der Waals surface area contributed by atoms with Gasteiger partial charge >= 0.3 is 0 Å². The van der Waals surface area contributed by atoms with E-state index in [9.17, 15) is 14.4 Å². The monoisotopic (exact) mass is 445 g/mol. The number of nitrogens with one attached hydrogen (secondary N) is 2. The molecular formula is C25H23N3O5. The van der Waals surface area contributed by atoms with Gasteiger partial charge in [-0.2, -0.15) is 0 Å². The Bertz CT molecular complexity index is 1180. The normalized spacial score (nSPS) is 12.4. The summed E-state index contributed by atoms with van der Waals surface area (Å²) < 4.78 is 10.7. The lowest BCUT2D eigenvalue weighted by Gasteiger charge is -2.29. The van der Waals surface area contributed by atoms with Gasteiger partial charge in [-0.1, -0.05) is 24.3 Å². The SMILES string of the molecule is COc1ccccc1NC(=O)c1ccc(NC(=O)CCN2C(=O)COc3ccccc32)cc1. The lowest BCUT2D eigenvalue weighted by Crippen LogP contribution is -2.40. The standard InChI is InChI=1S/C25H23N3O5/c1-32-21-8-4-2-6-19(21)27-25(31)17-10-12-18(13-11-17)26-23(29)14-15-28-20-7-3-5-9-22(20)33-16-24(28)30/h2-13H,14-16H2,1H3,(H,26,29)(H,27,31). The number of anilines is 3. The van der Waals surface area contributed by atoms with Crippen molar-refractivity contribution in [3.05, 3.63) is 78.4 Å². The molecule has 3 aromatic carbocycles. The summed E-state index contributed by atoms with van der Waals surface area (Å²) in [6.45, 7) is 0.196. The van der Waals surface area contributed by atoms with Crippen molar-refractivity contribution in [2.45, 2.75) is 6.42 Å². The first-order chi connectivity index (χ1) is 16.0. The van der Waals surface area contributed by atoms with E-state index < -0.39 is 0 Å². The zero-order chi connectivity index (χ0) is 23.2. The van der Waals surface area contributed by atoms with Crippen LogP contribution in [0.5, 0.6) is 11.5 Å². The second-order valence-corrected chi connectivity index (χ2v) is 7.33. The molecule has 0 spiro atoms. The van der Waals surface area contributed by atoms with Crippen LogP contribution in [0.3, 0.4) is 0 Å². The van der Waals surface area contributed by atoms with Crippen molar-refractivity contribution in [3.63, 3.8) is 0 Å². The summed E-state index contributed by atoms with van der Waals surface area (Å²) in [5, 5.41) is 5.60. The van der Waals surface area contributed by atoms with E-state index >= 15 is 0 Å². The predicted molar refractivity (Wildman–Crippen MR) is 125 cm³/mol. The number of rotatable bonds is 7. The molecule has 0 saturated heterocycles. The number of nitrogens with zero attached hydrogens (tertiary/aromatic N) is 1. The molecule has 1 aliphatic rings. The summed E-state index contributed by atoms with van der Waals surface area (Å²) in [6.07, 6.45) is 0.121. The van der Waals surface area contributed by atoms with Crippen LogP contribution in [0.1, 0.15) is 16.8 Å². The highest BCUT2D eigenvalue weighted by molar-refractivity contribution is 6.05. The molecule has 0 saturated carbocycles. The number of hydrogen-bond acceptors (Lipinski definition) is 5. The molecule has 33 heavy (non-hydrogen) atoms. The number of ether oxygens (including phenoxy) is 2. The number of amides is 3. The van der Waals surface area contributed by atoms with Gasteiger partial charge in [0.25, 0.3) is 11.8 Å². The predicted octanol–water partition coefficient (Wildman–Crippen LogP) is 3.70. The molecule has 3 amide bonds. The van der Waals surface area contributed by atoms with Gasteiger partial charge in [0.1, 0.15) is 11.5 Å². The van der Waals surface area contributed by atoms with Crippen LogP contribution in [0.15, 0.2) is 72.8 Å². The average Bonchev–Trinajstić information content (AvgIpc) is 2.84. The maximum Gasteiger partial charge on any atom is 0.265 e. The molecule has 8 nitrogen and oxygen atoms in total. The Kier molecular flexibility index (Phi) is 6.54. The van der Waals surface area contributed by atoms with Crippen molar-refractivity contribution >= 4 is 34.8 Å². The van der Waals surface area contributed by atoms with Crippen LogP contribution in [0.25, 0.3) is 0 Å². The van der Waals surface area contributed by atoms with Gasteiger partial charge in [-0.25, -0.2) is 0 Å². The van der Waals surface area contributed by atoms with E-state index in [1.54, 1.807) is 59.5 Å². The van der Waals surface area contributed by atoms with E-state index in [-0.39, 0.29) is 37.3 Å². The summed E-state index contributed by atoms with van der Waals surface area (Å²) >= 11 is 0. The first-order valence-corrected chi connectivity index (χ1v) is 10.4. The molecule has 0 fully saturated rings. The molecule has 1 aliphatic heterocycles. The molecule has 0 aromatic heterocycles. The fourth-order valence-corrected chi connectivity index (χ4v) is 3.48. The molecule has 8 heteroatoms. The minimum absolute atomic E-state index is 0.0446. The lowest BCUT2D eigenvalue weighted by atomic mass is 10.1. The minimum Gasteiger partial charge on any atom is -0.495 e. The molecule has 1 heterocycles. The molecule has 168 valence electrons. The van der Waals surface area contributed by atoms with Crippen LogP contribution < -0.4 is 25.0 Å². The summed E-state index contributed by atoms with van der Waals surface area (Å²) in [6, 6.07) is 20.9. The average molecular weight is 445 g/mol. The highest BCUT2D eigenvalue weighted by Crippen LogP contribution is 2.31. The van der Waals surface area contributed by atoms with Crippen LogP contribution >= 0.6 is 0 Å². The largest absolute Gasteiger partial charge is 0.495 e. The number of carbonyl (C=O) groups excluding carboxylic acids is 3. The molecule has 0 radical (unpaired) electrons. The zero-order valence-corrected chi connectivity index (χ0v) is 18.0. The Morgan fingerprint density at radius 1 is 0.970 bits per heavy atom. The van der Waals surface area contributed by atoms with Crippen LogP contribution in [0.4, 0.5) is 17.1 Å². The van der Waals surface area contributed by atoms with Crippen LogP contribution in [-0.4, -0.2) is 38.0 Å². The van der Waals surface area contributed by atoms with E-state index in [0.29, 0.717) is 34.1 Å². The first kappa shape index (κ1) is 21.9. The maximum atomic E-state index is 12.5. The Balaban J connectivity index is 1.33. The quantitative estimate of drug-likeness (QED) is 0.578. The molecular weight excluding hydrogens is 422 g/mol. The number of methoxy groups -OCH3 is 1. The van der Waals surface area contributed by atoms with Gasteiger partial charge in [-0.3, -0.25) is 14.4 Å². The second kappa shape index (κ2) is 9.86. The summed E-state index contributed by atoms with van der Waals surface area (Å²) in [5.74, 6) is 0.474. The van der Waals surface area contributed by atoms with Gasteiger partial charge < -0.3 is 25.0 Å². The molecule has 0 bridgehead atoms. The van der Waals surface area contributed by atoms with Crippen molar-refractivity contribution in [2.24, 2.45) is 0 Å². The zero-order valence-electron chi connectivity index (χ0n) is 18.0. The molecule has 0 unspecified atom stereocenters. The third-order valence-electron chi connectivity index (χ3n) is 5.16. The smallest absolute Gasteiger partial charge is 0.265 e. The number of fused-ring (bicyclic) bond motifs is 1. The molecule has 2 N–H and O–H groups in total. The highest BCUT2D eigenvalue weighted by atomic mass is 16.5. The Hall–Kier alpha value is -4.33.